The number of aliphatic hydroxyl groups is 1. The van der Waals surface area contributed by atoms with E-state index in [1.807, 2.05) is 0 Å². The van der Waals surface area contributed by atoms with E-state index in [4.69, 9.17) is 0 Å². The van der Waals surface area contributed by atoms with Crippen molar-refractivity contribution in [3.8, 4) is 0 Å². The van der Waals surface area contributed by atoms with Gasteiger partial charge in [0.25, 0.3) is 10.0 Å². The average Bonchev–Trinajstić information content (AvgIpc) is 3.05. The summed E-state index contributed by atoms with van der Waals surface area (Å²) in [5, 5.41) is 13.8. The van der Waals surface area contributed by atoms with E-state index < -0.39 is 28.0 Å². The number of aliphatic hydroxyl groups excluding tert-OH is 1. The van der Waals surface area contributed by atoms with Crippen LogP contribution in [-0.4, -0.2) is 40.3 Å². The third-order valence-electron chi connectivity index (χ3n) is 3.82. The average molecular weight is 325 g/mol. The Morgan fingerprint density at radius 2 is 2.14 bits per heavy atom. The van der Waals surface area contributed by atoms with E-state index in [0.29, 0.717) is 5.56 Å². The minimum Gasteiger partial charge on any atom is -0.392 e. The van der Waals surface area contributed by atoms with Crippen LogP contribution in [0.15, 0.2) is 41.6 Å². The zero-order valence-corrected chi connectivity index (χ0v) is 12.7. The number of hydrogen-bond acceptors (Lipinski definition) is 4. The molecule has 0 radical (unpaired) electrons. The molecule has 0 bridgehead atoms. The molecule has 2 heterocycles. The largest absolute Gasteiger partial charge is 0.392 e. The molecule has 1 saturated heterocycles. The number of aryl methyl sites for hydroxylation is 1. The highest BCUT2D eigenvalue weighted by atomic mass is 32.2. The topological polar surface area (TPSA) is 75.4 Å². The van der Waals surface area contributed by atoms with Crippen molar-refractivity contribution in [3.63, 3.8) is 0 Å². The molecule has 1 aliphatic rings. The normalized spacial score (nSPS) is 23.0. The SMILES string of the molecule is Cn1nccc1S(=O)(=O)N1CC(O)CC1c1cccc(F)c1. The first-order chi connectivity index (χ1) is 10.4. The second-order valence-electron chi connectivity index (χ2n) is 5.33. The lowest BCUT2D eigenvalue weighted by atomic mass is 10.0. The van der Waals surface area contributed by atoms with Crippen LogP contribution in [0, 0.1) is 5.82 Å². The van der Waals surface area contributed by atoms with Gasteiger partial charge in [-0.1, -0.05) is 12.1 Å². The first kappa shape index (κ1) is 15.1. The minimum atomic E-state index is -3.82. The quantitative estimate of drug-likeness (QED) is 0.915. The molecule has 1 N–H and O–H groups in total. The van der Waals surface area contributed by atoms with Gasteiger partial charge in [-0.3, -0.25) is 4.68 Å². The number of aromatic nitrogens is 2. The molecule has 6 nitrogen and oxygen atoms in total. The third kappa shape index (κ3) is 2.53. The molecule has 0 spiro atoms. The minimum absolute atomic E-state index is 0.0192. The third-order valence-corrected chi connectivity index (χ3v) is 5.77. The molecule has 0 amide bonds. The van der Waals surface area contributed by atoms with Crippen LogP contribution >= 0.6 is 0 Å². The summed E-state index contributed by atoms with van der Waals surface area (Å²) in [7, 11) is -2.28. The van der Waals surface area contributed by atoms with Crippen molar-refractivity contribution in [2.24, 2.45) is 7.05 Å². The molecule has 2 atom stereocenters. The van der Waals surface area contributed by atoms with Gasteiger partial charge in [0, 0.05) is 13.6 Å². The number of hydrogen-bond donors (Lipinski definition) is 1. The predicted octanol–water partition coefficient (Wildman–Crippen LogP) is 1.06. The first-order valence-corrected chi connectivity index (χ1v) is 8.27. The molecule has 1 fully saturated rings. The highest BCUT2D eigenvalue weighted by Crippen LogP contribution is 2.36. The standard InChI is InChI=1S/C14H16FN3O3S/c1-17-14(5-6-16-17)22(20,21)18-9-12(19)8-13(18)10-3-2-4-11(15)7-10/h2-7,12-13,19H,8-9H2,1H3. The summed E-state index contributed by atoms with van der Waals surface area (Å²) < 4.78 is 41.5. The van der Waals surface area contributed by atoms with Crippen molar-refractivity contribution >= 4 is 10.0 Å². The van der Waals surface area contributed by atoms with Crippen LogP contribution < -0.4 is 0 Å². The first-order valence-electron chi connectivity index (χ1n) is 6.83. The van der Waals surface area contributed by atoms with Crippen molar-refractivity contribution in [2.75, 3.05) is 6.54 Å². The van der Waals surface area contributed by atoms with Gasteiger partial charge < -0.3 is 5.11 Å². The number of β-amino-alcohol motifs (C(OH)–C–C–N with tert-alkyl or cyclic N) is 1. The van der Waals surface area contributed by atoms with E-state index in [2.05, 4.69) is 5.10 Å². The van der Waals surface area contributed by atoms with Gasteiger partial charge >= 0.3 is 0 Å². The molecule has 0 saturated carbocycles. The zero-order chi connectivity index (χ0) is 15.9. The molecule has 3 rings (SSSR count). The number of nitrogens with zero attached hydrogens (tertiary/aromatic N) is 3. The lowest BCUT2D eigenvalue weighted by Gasteiger charge is -2.24. The van der Waals surface area contributed by atoms with Crippen LogP contribution in [0.25, 0.3) is 0 Å². The summed E-state index contributed by atoms with van der Waals surface area (Å²) >= 11 is 0. The molecule has 0 aliphatic carbocycles. The number of halogens is 1. The Morgan fingerprint density at radius 3 is 2.77 bits per heavy atom. The van der Waals surface area contributed by atoms with Gasteiger partial charge in [-0.25, -0.2) is 12.8 Å². The van der Waals surface area contributed by atoms with Crippen molar-refractivity contribution in [3.05, 3.63) is 47.9 Å². The van der Waals surface area contributed by atoms with E-state index in [9.17, 15) is 17.9 Å². The zero-order valence-electron chi connectivity index (χ0n) is 11.9. The molecular weight excluding hydrogens is 309 g/mol. The van der Waals surface area contributed by atoms with Crippen LogP contribution in [0.4, 0.5) is 4.39 Å². The van der Waals surface area contributed by atoms with Crippen LogP contribution in [0.2, 0.25) is 0 Å². The van der Waals surface area contributed by atoms with Crippen molar-refractivity contribution in [1.82, 2.24) is 14.1 Å². The smallest absolute Gasteiger partial charge is 0.260 e. The Hall–Kier alpha value is -1.77. The molecule has 118 valence electrons. The van der Waals surface area contributed by atoms with E-state index in [0.717, 1.165) is 0 Å². The van der Waals surface area contributed by atoms with Gasteiger partial charge in [-0.15, -0.1) is 0 Å². The fourth-order valence-corrected chi connectivity index (χ4v) is 4.57. The lowest BCUT2D eigenvalue weighted by molar-refractivity contribution is 0.188. The number of rotatable bonds is 3. The lowest BCUT2D eigenvalue weighted by Crippen LogP contribution is -2.33. The van der Waals surface area contributed by atoms with Gasteiger partial charge in [-0.2, -0.15) is 9.40 Å². The molecule has 1 aromatic carbocycles. The maximum Gasteiger partial charge on any atom is 0.260 e. The Morgan fingerprint density at radius 1 is 1.36 bits per heavy atom. The maximum atomic E-state index is 13.4. The summed E-state index contributed by atoms with van der Waals surface area (Å²) in [6.07, 6.45) is 0.855. The molecular formula is C14H16FN3O3S. The van der Waals surface area contributed by atoms with Crippen LogP contribution in [-0.2, 0) is 17.1 Å². The van der Waals surface area contributed by atoms with Crippen molar-refractivity contribution in [2.45, 2.75) is 23.6 Å². The number of benzene rings is 1. The van der Waals surface area contributed by atoms with E-state index in [1.54, 1.807) is 6.07 Å². The molecule has 8 heteroatoms. The second kappa shape index (κ2) is 5.45. The molecule has 2 unspecified atom stereocenters. The van der Waals surface area contributed by atoms with Gasteiger partial charge in [0.2, 0.25) is 0 Å². The van der Waals surface area contributed by atoms with Gasteiger partial charge in [0.1, 0.15) is 5.82 Å². The maximum absolute atomic E-state index is 13.4. The van der Waals surface area contributed by atoms with Crippen molar-refractivity contribution in [1.29, 1.82) is 0 Å². The summed E-state index contributed by atoms with van der Waals surface area (Å²) in [4.78, 5) is 0. The Kier molecular flexibility index (Phi) is 3.75. The Balaban J connectivity index is 2.03. The fraction of sp³-hybridized carbons (Fsp3) is 0.357. The monoisotopic (exact) mass is 325 g/mol. The van der Waals surface area contributed by atoms with E-state index in [-0.39, 0.29) is 18.0 Å². The molecule has 2 aromatic rings. The van der Waals surface area contributed by atoms with Gasteiger partial charge in [0.05, 0.1) is 18.3 Å². The van der Waals surface area contributed by atoms with Crippen LogP contribution in [0.3, 0.4) is 0 Å². The van der Waals surface area contributed by atoms with Gasteiger partial charge in [-0.05, 0) is 30.2 Å². The van der Waals surface area contributed by atoms with E-state index >= 15 is 0 Å². The van der Waals surface area contributed by atoms with Crippen molar-refractivity contribution < 1.29 is 17.9 Å². The van der Waals surface area contributed by atoms with Gasteiger partial charge in [0.15, 0.2) is 5.03 Å². The Labute approximate surface area is 127 Å². The fourth-order valence-electron chi connectivity index (χ4n) is 2.80. The summed E-state index contributed by atoms with van der Waals surface area (Å²) in [6.45, 7) is -0.0192. The van der Waals surface area contributed by atoms with E-state index in [1.165, 1.54) is 46.5 Å². The second-order valence-corrected chi connectivity index (χ2v) is 7.17. The Bertz CT molecular complexity index is 790. The van der Waals surface area contributed by atoms with Crippen LogP contribution in [0.5, 0.6) is 0 Å². The summed E-state index contributed by atoms with van der Waals surface area (Å²) in [5.74, 6) is -0.434. The molecule has 1 aromatic heterocycles. The molecule has 22 heavy (non-hydrogen) atoms. The molecule has 1 aliphatic heterocycles. The highest BCUT2D eigenvalue weighted by molar-refractivity contribution is 7.89. The van der Waals surface area contributed by atoms with Crippen LogP contribution in [0.1, 0.15) is 18.0 Å². The highest BCUT2D eigenvalue weighted by Gasteiger charge is 2.41. The summed E-state index contributed by atoms with van der Waals surface area (Å²) in [6, 6.07) is 6.61. The number of sulfonamides is 1. The predicted molar refractivity (Wildman–Crippen MR) is 76.9 cm³/mol. The summed E-state index contributed by atoms with van der Waals surface area (Å²) in [5.41, 5.74) is 0.530.